The fourth-order valence-corrected chi connectivity index (χ4v) is 3.08. The van der Waals surface area contributed by atoms with Gasteiger partial charge in [-0.05, 0) is 56.5 Å². The van der Waals surface area contributed by atoms with E-state index < -0.39 is 11.6 Å². The van der Waals surface area contributed by atoms with Gasteiger partial charge in [-0.1, -0.05) is 6.07 Å². The molecule has 0 radical (unpaired) electrons. The average Bonchev–Trinajstić information content (AvgIpc) is 2.74. The molecule has 1 unspecified atom stereocenters. The number of hydrogen-bond acceptors (Lipinski definition) is 5. The molecule has 1 saturated heterocycles. The Hall–Kier alpha value is -2.51. The molecular formula is C23H26F2O5. The van der Waals surface area contributed by atoms with E-state index in [1.165, 1.54) is 25.1 Å². The predicted molar refractivity (Wildman–Crippen MR) is 107 cm³/mol. The highest BCUT2D eigenvalue weighted by molar-refractivity contribution is 5.94. The van der Waals surface area contributed by atoms with Crippen LogP contribution in [0.4, 0.5) is 8.78 Å². The van der Waals surface area contributed by atoms with Crippen molar-refractivity contribution < 1.29 is 32.5 Å². The fraction of sp³-hybridized carbons (Fsp3) is 0.435. The largest absolute Gasteiger partial charge is 0.490 e. The van der Waals surface area contributed by atoms with Crippen molar-refractivity contribution in [2.75, 3.05) is 19.8 Å². The van der Waals surface area contributed by atoms with E-state index in [0.717, 1.165) is 25.9 Å². The first-order valence-electron chi connectivity index (χ1n) is 10.1. The molecule has 2 aromatic rings. The number of ether oxygens (including phenoxy) is 4. The van der Waals surface area contributed by atoms with Crippen LogP contribution in [0.2, 0.25) is 0 Å². The van der Waals surface area contributed by atoms with E-state index in [-0.39, 0.29) is 24.2 Å². The second kappa shape index (κ2) is 11.0. The zero-order valence-electron chi connectivity index (χ0n) is 17.0. The number of ketones is 1. The van der Waals surface area contributed by atoms with Crippen LogP contribution >= 0.6 is 0 Å². The van der Waals surface area contributed by atoms with Crippen LogP contribution in [0, 0.1) is 11.6 Å². The Morgan fingerprint density at radius 3 is 2.57 bits per heavy atom. The topological polar surface area (TPSA) is 54.0 Å². The zero-order chi connectivity index (χ0) is 21.3. The lowest BCUT2D eigenvalue weighted by Gasteiger charge is -2.22. The number of carbonyl (C=O) groups excluding carboxylic acids is 1. The monoisotopic (exact) mass is 420 g/mol. The highest BCUT2D eigenvalue weighted by Crippen LogP contribution is 2.30. The highest BCUT2D eigenvalue weighted by atomic mass is 19.1. The molecule has 5 nitrogen and oxygen atoms in total. The highest BCUT2D eigenvalue weighted by Gasteiger charge is 2.15. The Morgan fingerprint density at radius 2 is 1.87 bits per heavy atom. The molecule has 0 saturated carbocycles. The van der Waals surface area contributed by atoms with E-state index in [0.29, 0.717) is 36.7 Å². The van der Waals surface area contributed by atoms with E-state index in [4.69, 9.17) is 18.9 Å². The van der Waals surface area contributed by atoms with Gasteiger partial charge in [-0.25, -0.2) is 8.78 Å². The molecule has 1 aliphatic heterocycles. The number of Topliss-reactive ketones (excluding diaryl/α,β-unsaturated/α-hetero) is 1. The lowest BCUT2D eigenvalue weighted by molar-refractivity contribution is -0.163. The van der Waals surface area contributed by atoms with Crippen LogP contribution in [0.25, 0.3) is 0 Å². The Labute approximate surface area is 174 Å². The van der Waals surface area contributed by atoms with Gasteiger partial charge in [0.05, 0.1) is 18.8 Å². The molecule has 30 heavy (non-hydrogen) atoms. The van der Waals surface area contributed by atoms with Gasteiger partial charge in [0.15, 0.2) is 23.6 Å². The third-order valence-electron chi connectivity index (χ3n) is 4.77. The first-order valence-corrected chi connectivity index (χ1v) is 10.1. The third kappa shape index (κ3) is 6.24. The number of hydrogen-bond donors (Lipinski definition) is 0. The minimum Gasteiger partial charge on any atom is -0.490 e. The molecule has 7 heteroatoms. The zero-order valence-corrected chi connectivity index (χ0v) is 17.0. The van der Waals surface area contributed by atoms with Gasteiger partial charge in [0.1, 0.15) is 18.2 Å². The SMILES string of the molecule is CC(=O)c1ccc(OCc2c(F)cccc2F)c(OCCCOC2CCCCO2)c1. The minimum atomic E-state index is -0.681. The average molecular weight is 420 g/mol. The van der Waals surface area contributed by atoms with Crippen molar-refractivity contribution in [3.63, 3.8) is 0 Å². The smallest absolute Gasteiger partial charge is 0.161 e. The van der Waals surface area contributed by atoms with Crippen molar-refractivity contribution in [1.29, 1.82) is 0 Å². The second-order valence-electron chi connectivity index (χ2n) is 7.08. The lowest BCUT2D eigenvalue weighted by atomic mass is 10.1. The molecule has 1 heterocycles. The van der Waals surface area contributed by atoms with Crippen LogP contribution in [-0.4, -0.2) is 31.9 Å². The summed E-state index contributed by atoms with van der Waals surface area (Å²) in [5, 5.41) is 0. The number of halogens is 2. The Morgan fingerprint density at radius 1 is 1.07 bits per heavy atom. The standard InChI is InChI=1S/C23H26F2O5/c1-16(26)17-9-10-21(30-15-18-19(24)6-4-7-20(18)25)22(14-17)27-12-5-13-29-23-8-2-3-11-28-23/h4,6-7,9-10,14,23H,2-3,5,8,11-13,15H2,1H3. The van der Waals surface area contributed by atoms with Gasteiger partial charge in [0.2, 0.25) is 0 Å². The van der Waals surface area contributed by atoms with Gasteiger partial charge in [-0.15, -0.1) is 0 Å². The summed E-state index contributed by atoms with van der Waals surface area (Å²) in [6, 6.07) is 8.37. The van der Waals surface area contributed by atoms with Gasteiger partial charge < -0.3 is 18.9 Å². The predicted octanol–water partition coefficient (Wildman–Crippen LogP) is 5.06. The Bertz CT molecular complexity index is 829. The van der Waals surface area contributed by atoms with Crippen LogP contribution in [-0.2, 0) is 16.1 Å². The van der Waals surface area contributed by atoms with Crippen LogP contribution in [0.3, 0.4) is 0 Å². The van der Waals surface area contributed by atoms with E-state index >= 15 is 0 Å². The lowest BCUT2D eigenvalue weighted by Crippen LogP contribution is -2.23. The van der Waals surface area contributed by atoms with Gasteiger partial charge >= 0.3 is 0 Å². The summed E-state index contributed by atoms with van der Waals surface area (Å²) < 4.78 is 50.3. The normalized spacial score (nSPS) is 16.3. The van der Waals surface area contributed by atoms with Crippen molar-refractivity contribution in [2.45, 2.75) is 45.5 Å². The molecule has 3 rings (SSSR count). The summed E-state index contributed by atoms with van der Waals surface area (Å²) in [5.74, 6) is -0.836. The summed E-state index contributed by atoms with van der Waals surface area (Å²) in [5.41, 5.74) is 0.293. The second-order valence-corrected chi connectivity index (χ2v) is 7.08. The molecule has 1 fully saturated rings. The number of rotatable bonds is 10. The number of benzene rings is 2. The summed E-state index contributed by atoms with van der Waals surface area (Å²) >= 11 is 0. The molecule has 162 valence electrons. The molecule has 0 amide bonds. The van der Waals surface area contributed by atoms with Gasteiger partial charge in [-0.3, -0.25) is 4.79 Å². The fourth-order valence-electron chi connectivity index (χ4n) is 3.08. The maximum atomic E-state index is 13.8. The van der Waals surface area contributed by atoms with E-state index in [1.54, 1.807) is 18.2 Å². The number of carbonyl (C=O) groups is 1. The summed E-state index contributed by atoms with van der Waals surface area (Å²) in [4.78, 5) is 11.7. The molecule has 1 aliphatic rings. The summed E-state index contributed by atoms with van der Waals surface area (Å²) in [6.45, 7) is 2.69. The van der Waals surface area contributed by atoms with Gasteiger partial charge in [0, 0.05) is 18.6 Å². The molecule has 0 spiro atoms. The van der Waals surface area contributed by atoms with Gasteiger partial charge in [-0.2, -0.15) is 0 Å². The first-order chi connectivity index (χ1) is 14.5. The van der Waals surface area contributed by atoms with E-state index in [1.807, 2.05) is 0 Å². The summed E-state index contributed by atoms with van der Waals surface area (Å²) in [7, 11) is 0. The molecular weight excluding hydrogens is 394 g/mol. The Balaban J connectivity index is 1.58. The quantitative estimate of drug-likeness (QED) is 0.397. The molecule has 1 atom stereocenters. The Kier molecular flexibility index (Phi) is 8.16. The van der Waals surface area contributed by atoms with Crippen LogP contribution < -0.4 is 9.47 Å². The van der Waals surface area contributed by atoms with Crippen LogP contribution in [0.15, 0.2) is 36.4 Å². The van der Waals surface area contributed by atoms with Crippen molar-refractivity contribution >= 4 is 5.78 Å². The van der Waals surface area contributed by atoms with Crippen molar-refractivity contribution in [3.05, 3.63) is 59.2 Å². The van der Waals surface area contributed by atoms with Crippen molar-refractivity contribution in [3.8, 4) is 11.5 Å². The maximum Gasteiger partial charge on any atom is 0.161 e. The van der Waals surface area contributed by atoms with Crippen molar-refractivity contribution in [2.24, 2.45) is 0 Å². The first kappa shape index (κ1) is 22.2. The molecule has 2 aromatic carbocycles. The molecule has 0 aliphatic carbocycles. The van der Waals surface area contributed by atoms with Gasteiger partial charge in [0.25, 0.3) is 0 Å². The van der Waals surface area contributed by atoms with Crippen molar-refractivity contribution in [1.82, 2.24) is 0 Å². The third-order valence-corrected chi connectivity index (χ3v) is 4.77. The maximum absolute atomic E-state index is 13.8. The molecule has 0 N–H and O–H groups in total. The van der Waals surface area contributed by atoms with Crippen LogP contribution in [0.5, 0.6) is 11.5 Å². The summed E-state index contributed by atoms with van der Waals surface area (Å²) in [6.07, 6.45) is 3.52. The van der Waals surface area contributed by atoms with E-state index in [2.05, 4.69) is 0 Å². The minimum absolute atomic E-state index is 0.121. The molecule has 0 bridgehead atoms. The van der Waals surface area contributed by atoms with E-state index in [9.17, 15) is 13.6 Å². The van der Waals surface area contributed by atoms with Crippen LogP contribution in [0.1, 0.15) is 48.5 Å². The molecule has 0 aromatic heterocycles.